The first-order chi connectivity index (χ1) is 6.76. The third-order valence-electron chi connectivity index (χ3n) is 3.63. The van der Waals surface area contributed by atoms with Crippen molar-refractivity contribution in [2.75, 3.05) is 26.3 Å². The molecule has 1 atom stereocenters. The summed E-state index contributed by atoms with van der Waals surface area (Å²) >= 11 is 0. The predicted molar refractivity (Wildman–Crippen MR) is 51.1 cm³/mol. The number of aliphatic carboxylic acids is 1. The highest BCUT2D eigenvalue weighted by molar-refractivity contribution is 5.75. The molecule has 4 nitrogen and oxygen atoms in total. The summed E-state index contributed by atoms with van der Waals surface area (Å²) in [6.45, 7) is 3.00. The number of nitrogens with one attached hydrogen (secondary N) is 1. The highest BCUT2D eigenvalue weighted by Crippen LogP contribution is 2.41. The zero-order chi connectivity index (χ0) is 10.0. The van der Waals surface area contributed by atoms with Crippen LogP contribution >= 0.6 is 0 Å². The first kappa shape index (κ1) is 9.93. The van der Waals surface area contributed by atoms with Crippen LogP contribution in [-0.4, -0.2) is 37.4 Å². The Kier molecular flexibility index (Phi) is 2.74. The molecule has 2 N–H and O–H groups in total. The fourth-order valence-corrected chi connectivity index (χ4v) is 2.64. The van der Waals surface area contributed by atoms with E-state index in [4.69, 9.17) is 4.74 Å². The molecule has 2 fully saturated rings. The summed E-state index contributed by atoms with van der Waals surface area (Å²) in [5.41, 5.74) is -0.512. The van der Waals surface area contributed by atoms with E-state index in [2.05, 4.69) is 5.32 Å². The maximum absolute atomic E-state index is 11.4. The van der Waals surface area contributed by atoms with E-state index in [1.807, 2.05) is 0 Å². The summed E-state index contributed by atoms with van der Waals surface area (Å²) in [5, 5.41) is 12.6. The fraction of sp³-hybridized carbons (Fsp3) is 0.900. The minimum absolute atomic E-state index is 0.224. The number of carboxylic acid groups (broad SMARTS) is 1. The molecule has 0 aromatic heterocycles. The van der Waals surface area contributed by atoms with Crippen LogP contribution in [0.5, 0.6) is 0 Å². The second kappa shape index (κ2) is 3.87. The molecule has 14 heavy (non-hydrogen) atoms. The van der Waals surface area contributed by atoms with Crippen molar-refractivity contribution in [3.8, 4) is 0 Å². The van der Waals surface area contributed by atoms with E-state index in [-0.39, 0.29) is 5.92 Å². The van der Waals surface area contributed by atoms with Gasteiger partial charge >= 0.3 is 5.97 Å². The first-order valence-electron chi connectivity index (χ1n) is 5.27. The normalized spacial score (nSPS) is 31.6. The van der Waals surface area contributed by atoms with Crippen molar-refractivity contribution in [3.63, 3.8) is 0 Å². The number of piperidine rings is 1. The van der Waals surface area contributed by atoms with Gasteiger partial charge in [0.15, 0.2) is 0 Å². The van der Waals surface area contributed by atoms with Gasteiger partial charge in [-0.15, -0.1) is 0 Å². The van der Waals surface area contributed by atoms with E-state index >= 15 is 0 Å². The van der Waals surface area contributed by atoms with Gasteiger partial charge in [0.1, 0.15) is 0 Å². The first-order valence-corrected chi connectivity index (χ1v) is 5.27. The lowest BCUT2D eigenvalue weighted by atomic mass is 9.68. The van der Waals surface area contributed by atoms with Crippen LogP contribution in [0, 0.1) is 11.3 Å². The van der Waals surface area contributed by atoms with Gasteiger partial charge in [0, 0.05) is 12.5 Å². The number of hydrogen-bond acceptors (Lipinski definition) is 3. The van der Waals surface area contributed by atoms with Crippen molar-refractivity contribution in [1.29, 1.82) is 0 Å². The van der Waals surface area contributed by atoms with E-state index < -0.39 is 11.4 Å². The van der Waals surface area contributed by atoms with E-state index in [0.29, 0.717) is 6.61 Å². The Morgan fingerprint density at radius 1 is 1.43 bits per heavy atom. The largest absolute Gasteiger partial charge is 0.481 e. The van der Waals surface area contributed by atoms with Crippen molar-refractivity contribution in [3.05, 3.63) is 0 Å². The van der Waals surface area contributed by atoms with Gasteiger partial charge in [-0.2, -0.15) is 0 Å². The minimum atomic E-state index is -0.630. The monoisotopic (exact) mass is 199 g/mol. The Hall–Kier alpha value is -0.610. The molecule has 0 aliphatic carbocycles. The van der Waals surface area contributed by atoms with Gasteiger partial charge in [-0.3, -0.25) is 4.79 Å². The lowest BCUT2D eigenvalue weighted by Gasteiger charge is -2.37. The van der Waals surface area contributed by atoms with Crippen LogP contribution in [0.3, 0.4) is 0 Å². The molecule has 2 saturated heterocycles. The Morgan fingerprint density at radius 2 is 2.14 bits per heavy atom. The maximum atomic E-state index is 11.4. The molecular weight excluding hydrogens is 182 g/mol. The second-order valence-electron chi connectivity index (χ2n) is 4.27. The number of carbonyl (C=O) groups is 1. The molecule has 0 bridgehead atoms. The Labute approximate surface area is 83.6 Å². The fourth-order valence-electron chi connectivity index (χ4n) is 2.64. The quantitative estimate of drug-likeness (QED) is 0.679. The zero-order valence-corrected chi connectivity index (χ0v) is 8.29. The molecule has 0 spiro atoms. The molecule has 0 saturated carbocycles. The molecule has 2 rings (SSSR count). The molecule has 2 aliphatic rings. The average molecular weight is 199 g/mol. The van der Waals surface area contributed by atoms with Crippen molar-refractivity contribution in [2.24, 2.45) is 11.3 Å². The van der Waals surface area contributed by atoms with Gasteiger partial charge < -0.3 is 15.2 Å². The van der Waals surface area contributed by atoms with Crippen molar-refractivity contribution in [1.82, 2.24) is 5.32 Å². The molecule has 0 radical (unpaired) electrons. The number of ether oxygens (including phenoxy) is 1. The number of carboxylic acids is 1. The summed E-state index contributed by atoms with van der Waals surface area (Å²) < 4.78 is 5.30. The summed E-state index contributed by atoms with van der Waals surface area (Å²) in [6, 6.07) is 0. The van der Waals surface area contributed by atoms with Crippen LogP contribution < -0.4 is 5.32 Å². The summed E-state index contributed by atoms with van der Waals surface area (Å²) in [6.07, 6.45) is 2.40. The maximum Gasteiger partial charge on any atom is 0.310 e. The Morgan fingerprint density at radius 3 is 2.64 bits per heavy atom. The third kappa shape index (κ3) is 1.53. The van der Waals surface area contributed by atoms with Crippen LogP contribution in [-0.2, 0) is 9.53 Å². The second-order valence-corrected chi connectivity index (χ2v) is 4.27. The lowest BCUT2D eigenvalue weighted by molar-refractivity contribution is -0.155. The van der Waals surface area contributed by atoms with E-state index in [1.165, 1.54) is 0 Å². The highest BCUT2D eigenvalue weighted by Gasteiger charge is 2.47. The standard InChI is InChI=1S/C10H17NO3/c12-9(13)10(2-4-11-5-3-10)8-1-6-14-7-8/h8,11H,1-7H2,(H,12,13). The molecule has 0 amide bonds. The number of rotatable bonds is 2. The Bertz CT molecular complexity index is 217. The smallest absolute Gasteiger partial charge is 0.310 e. The van der Waals surface area contributed by atoms with E-state index in [9.17, 15) is 9.90 Å². The number of hydrogen-bond donors (Lipinski definition) is 2. The van der Waals surface area contributed by atoms with Gasteiger partial charge in [-0.25, -0.2) is 0 Å². The summed E-state index contributed by atoms with van der Waals surface area (Å²) in [5.74, 6) is -0.406. The van der Waals surface area contributed by atoms with Crippen molar-refractivity contribution >= 4 is 5.97 Å². The zero-order valence-electron chi connectivity index (χ0n) is 8.29. The van der Waals surface area contributed by atoms with Crippen LogP contribution in [0.2, 0.25) is 0 Å². The van der Waals surface area contributed by atoms with Crippen molar-refractivity contribution < 1.29 is 14.6 Å². The van der Waals surface area contributed by atoms with E-state index in [0.717, 1.165) is 39.0 Å². The predicted octanol–water partition coefficient (Wildman–Crippen LogP) is 0.477. The van der Waals surface area contributed by atoms with Crippen LogP contribution in [0.4, 0.5) is 0 Å². The topological polar surface area (TPSA) is 58.6 Å². The van der Waals surface area contributed by atoms with E-state index in [1.54, 1.807) is 0 Å². The van der Waals surface area contributed by atoms with Gasteiger partial charge in [0.05, 0.1) is 12.0 Å². The Balaban J connectivity index is 2.15. The van der Waals surface area contributed by atoms with Gasteiger partial charge in [-0.05, 0) is 32.4 Å². The van der Waals surface area contributed by atoms with Crippen LogP contribution in [0.25, 0.3) is 0 Å². The van der Waals surface area contributed by atoms with Gasteiger partial charge in [0.2, 0.25) is 0 Å². The molecule has 2 heterocycles. The third-order valence-corrected chi connectivity index (χ3v) is 3.63. The SMILES string of the molecule is O=C(O)C1(C2CCOC2)CCNCC1. The highest BCUT2D eigenvalue weighted by atomic mass is 16.5. The molecular formula is C10H17NO3. The van der Waals surface area contributed by atoms with Crippen LogP contribution in [0.1, 0.15) is 19.3 Å². The molecule has 80 valence electrons. The van der Waals surface area contributed by atoms with Crippen LogP contribution in [0.15, 0.2) is 0 Å². The molecule has 1 unspecified atom stereocenters. The van der Waals surface area contributed by atoms with Gasteiger partial charge in [-0.1, -0.05) is 0 Å². The average Bonchev–Trinajstić information content (AvgIpc) is 2.72. The summed E-state index contributed by atoms with van der Waals surface area (Å²) in [4.78, 5) is 11.4. The van der Waals surface area contributed by atoms with Crippen molar-refractivity contribution in [2.45, 2.75) is 19.3 Å². The molecule has 0 aromatic rings. The summed E-state index contributed by atoms with van der Waals surface area (Å²) in [7, 11) is 0. The minimum Gasteiger partial charge on any atom is -0.481 e. The lowest BCUT2D eigenvalue weighted by Crippen LogP contribution is -2.47. The molecule has 4 heteroatoms. The molecule has 2 aliphatic heterocycles. The van der Waals surface area contributed by atoms with Gasteiger partial charge in [0.25, 0.3) is 0 Å². The molecule has 0 aromatic carbocycles.